The highest BCUT2D eigenvalue weighted by atomic mass is 19.1. The quantitative estimate of drug-likeness (QED) is 0.186. The number of aliphatic imine (C=N–C) groups is 1. The van der Waals surface area contributed by atoms with Gasteiger partial charge in [-0.05, 0) is 85.3 Å². The molecule has 2 aromatic carbocycles. The number of hydrogen-bond acceptors (Lipinski definition) is 3. The summed E-state index contributed by atoms with van der Waals surface area (Å²) in [7, 11) is 2.09. The van der Waals surface area contributed by atoms with E-state index in [1.54, 1.807) is 6.07 Å². The van der Waals surface area contributed by atoms with Crippen LogP contribution < -0.4 is 5.32 Å². The molecule has 0 radical (unpaired) electrons. The number of rotatable bonds is 13. The first-order valence-corrected chi connectivity index (χ1v) is 16.1. The SMILES string of the molecule is C=C(/N=C(CCC)\C(=C/C)C(=C)N(C)CCC)Nc1ccc(C(C)(C)CC)c(CC)c1.Cc1ccc(F)c(C(C)(C)C)c1. The van der Waals surface area contributed by atoms with E-state index in [4.69, 9.17) is 4.99 Å². The van der Waals surface area contributed by atoms with Crippen molar-refractivity contribution in [3.05, 3.63) is 101 Å². The zero-order valence-electron chi connectivity index (χ0n) is 29.5. The second-order valence-electron chi connectivity index (χ2n) is 13.1. The molecule has 0 atom stereocenters. The Morgan fingerprint density at radius 1 is 0.953 bits per heavy atom. The maximum absolute atomic E-state index is 13.3. The van der Waals surface area contributed by atoms with E-state index in [0.29, 0.717) is 5.82 Å². The Morgan fingerprint density at radius 2 is 1.60 bits per heavy atom. The molecule has 43 heavy (non-hydrogen) atoms. The van der Waals surface area contributed by atoms with Gasteiger partial charge in [0.05, 0.1) is 5.71 Å². The number of benzene rings is 2. The molecule has 0 saturated heterocycles. The van der Waals surface area contributed by atoms with Crippen molar-refractivity contribution in [2.75, 3.05) is 18.9 Å². The van der Waals surface area contributed by atoms with E-state index in [9.17, 15) is 4.39 Å². The van der Waals surface area contributed by atoms with E-state index in [1.807, 2.05) is 33.8 Å². The van der Waals surface area contributed by atoms with E-state index < -0.39 is 0 Å². The van der Waals surface area contributed by atoms with E-state index >= 15 is 0 Å². The summed E-state index contributed by atoms with van der Waals surface area (Å²) in [6.07, 6.45) is 7.25. The average molecular weight is 590 g/mol. The molecule has 0 unspecified atom stereocenters. The van der Waals surface area contributed by atoms with Gasteiger partial charge in [0.2, 0.25) is 0 Å². The molecule has 3 nitrogen and oxygen atoms in total. The van der Waals surface area contributed by atoms with Gasteiger partial charge in [-0.15, -0.1) is 0 Å². The van der Waals surface area contributed by atoms with Crippen molar-refractivity contribution in [1.29, 1.82) is 0 Å². The molecule has 0 heterocycles. The number of nitrogens with zero attached hydrogens (tertiary/aromatic N) is 2. The standard InChI is InChI=1S/C28H45N3.C11H15F/c1-11-16-27(25(14-4)21(6)31(10)19-12-2)30-22(7)29-24-17-18-26(23(13-3)20-24)28(8,9)15-5;1-8-5-6-10(12)9(7-8)11(2,3)4/h14,17-18,20,29H,6-7,11-13,15-16,19H2,1-5,8-10H3;5-7H,1-4H3/b25-14-,30-27-;. The molecule has 0 saturated carbocycles. The van der Waals surface area contributed by atoms with Crippen molar-refractivity contribution in [3.8, 4) is 0 Å². The molecular formula is C39H60FN3. The molecule has 0 aliphatic rings. The minimum atomic E-state index is -0.104. The highest BCUT2D eigenvalue weighted by Crippen LogP contribution is 2.32. The monoisotopic (exact) mass is 589 g/mol. The highest BCUT2D eigenvalue weighted by molar-refractivity contribution is 6.04. The first kappa shape index (κ1) is 37.9. The second kappa shape index (κ2) is 17.2. The number of allylic oxidation sites excluding steroid dienone is 2. The van der Waals surface area contributed by atoms with Crippen molar-refractivity contribution in [1.82, 2.24) is 4.90 Å². The van der Waals surface area contributed by atoms with Gasteiger partial charge in [0, 0.05) is 30.5 Å². The molecule has 0 bridgehead atoms. The van der Waals surface area contributed by atoms with Gasteiger partial charge in [0.25, 0.3) is 0 Å². The van der Waals surface area contributed by atoms with Crippen LogP contribution in [0.25, 0.3) is 0 Å². The van der Waals surface area contributed by atoms with E-state index in [-0.39, 0.29) is 16.6 Å². The molecule has 2 aromatic rings. The van der Waals surface area contributed by atoms with Crippen LogP contribution in [0, 0.1) is 12.7 Å². The molecule has 0 aromatic heterocycles. The summed E-state index contributed by atoms with van der Waals surface area (Å²) < 4.78 is 13.3. The maximum Gasteiger partial charge on any atom is 0.126 e. The third-order valence-electron chi connectivity index (χ3n) is 8.00. The van der Waals surface area contributed by atoms with Crippen molar-refractivity contribution < 1.29 is 4.39 Å². The highest BCUT2D eigenvalue weighted by Gasteiger charge is 2.21. The van der Waals surface area contributed by atoms with Gasteiger partial charge in [-0.1, -0.05) is 112 Å². The van der Waals surface area contributed by atoms with Crippen molar-refractivity contribution in [3.63, 3.8) is 0 Å². The maximum atomic E-state index is 13.3. The second-order valence-corrected chi connectivity index (χ2v) is 13.1. The fraction of sp³-hybridized carbons (Fsp3) is 0.513. The molecule has 0 amide bonds. The Bertz CT molecular complexity index is 1270. The largest absolute Gasteiger partial charge is 0.375 e. The molecule has 1 N–H and O–H groups in total. The lowest BCUT2D eigenvalue weighted by Gasteiger charge is -2.27. The lowest BCUT2D eigenvalue weighted by molar-refractivity contribution is 0.428. The third-order valence-corrected chi connectivity index (χ3v) is 8.00. The number of anilines is 1. The topological polar surface area (TPSA) is 27.6 Å². The van der Waals surface area contributed by atoms with Crippen molar-refractivity contribution >= 4 is 11.4 Å². The van der Waals surface area contributed by atoms with Gasteiger partial charge in [-0.2, -0.15) is 0 Å². The van der Waals surface area contributed by atoms with Crippen LogP contribution in [0.15, 0.2) is 77.7 Å². The van der Waals surface area contributed by atoms with E-state index in [1.165, 1.54) is 17.2 Å². The number of aryl methyl sites for hydroxylation is 2. The summed E-state index contributed by atoms with van der Waals surface area (Å²) in [6, 6.07) is 11.9. The van der Waals surface area contributed by atoms with Gasteiger partial charge in [0.15, 0.2) is 0 Å². The number of halogens is 1. The van der Waals surface area contributed by atoms with Crippen molar-refractivity contribution in [2.45, 2.75) is 119 Å². The van der Waals surface area contributed by atoms with Crippen LogP contribution in [0.2, 0.25) is 0 Å². The summed E-state index contributed by atoms with van der Waals surface area (Å²) in [5, 5.41) is 3.42. The lowest BCUT2D eigenvalue weighted by atomic mass is 9.79. The zero-order valence-corrected chi connectivity index (χ0v) is 29.5. The van der Waals surface area contributed by atoms with Crippen LogP contribution >= 0.6 is 0 Å². The Kier molecular flexibility index (Phi) is 15.2. The number of nitrogens with one attached hydrogen (secondary N) is 1. The van der Waals surface area contributed by atoms with E-state index in [0.717, 1.165) is 72.4 Å². The van der Waals surface area contributed by atoms with Crippen LogP contribution in [0.5, 0.6) is 0 Å². The molecule has 4 heteroatoms. The predicted molar refractivity (Wildman–Crippen MR) is 190 cm³/mol. The molecule has 0 spiro atoms. The third kappa shape index (κ3) is 11.5. The lowest BCUT2D eigenvalue weighted by Crippen LogP contribution is -2.22. The fourth-order valence-electron chi connectivity index (χ4n) is 5.05. The van der Waals surface area contributed by atoms with Crippen LogP contribution in [0.1, 0.15) is 117 Å². The Hall–Kier alpha value is -3.14. The van der Waals surface area contributed by atoms with Gasteiger partial charge >= 0.3 is 0 Å². The van der Waals surface area contributed by atoms with Crippen molar-refractivity contribution in [2.24, 2.45) is 4.99 Å². The summed E-state index contributed by atoms with van der Waals surface area (Å²) in [5.74, 6) is 0.561. The minimum Gasteiger partial charge on any atom is -0.375 e. The summed E-state index contributed by atoms with van der Waals surface area (Å²) >= 11 is 0. The molecule has 0 fully saturated rings. The number of hydrogen-bond donors (Lipinski definition) is 1. The summed E-state index contributed by atoms with van der Waals surface area (Å²) in [5.41, 5.74) is 9.00. The normalized spacial score (nSPS) is 12.4. The molecule has 0 aliphatic carbocycles. The average Bonchev–Trinajstić information content (AvgIpc) is 2.94. The predicted octanol–water partition coefficient (Wildman–Crippen LogP) is 11.3. The van der Waals surface area contributed by atoms with E-state index in [2.05, 4.69) is 103 Å². The van der Waals surface area contributed by atoms with Gasteiger partial charge in [-0.25, -0.2) is 9.38 Å². The first-order chi connectivity index (χ1) is 20.1. The Labute approximate surface area is 264 Å². The first-order valence-electron chi connectivity index (χ1n) is 16.1. The number of likely N-dealkylation sites (N-methyl/N-ethyl adjacent to an activating group) is 1. The molecule has 238 valence electrons. The minimum absolute atomic E-state index is 0.101. The fourth-order valence-corrected chi connectivity index (χ4v) is 5.05. The van der Waals surface area contributed by atoms with Crippen LogP contribution in [0.4, 0.5) is 10.1 Å². The Morgan fingerprint density at radius 3 is 2.09 bits per heavy atom. The smallest absolute Gasteiger partial charge is 0.126 e. The van der Waals surface area contributed by atoms with Gasteiger partial charge in [-0.3, -0.25) is 0 Å². The Balaban J connectivity index is 0.000000639. The zero-order chi connectivity index (χ0) is 33.0. The molecule has 2 rings (SSSR count). The van der Waals surface area contributed by atoms with Gasteiger partial charge < -0.3 is 10.2 Å². The molecule has 0 aliphatic heterocycles. The molecular weight excluding hydrogens is 529 g/mol. The van der Waals surface area contributed by atoms with Crippen LogP contribution in [-0.4, -0.2) is 24.2 Å². The summed E-state index contributed by atoms with van der Waals surface area (Å²) in [4.78, 5) is 7.10. The van der Waals surface area contributed by atoms with Crippen LogP contribution in [-0.2, 0) is 17.3 Å². The van der Waals surface area contributed by atoms with Gasteiger partial charge in [0.1, 0.15) is 11.6 Å². The summed E-state index contributed by atoms with van der Waals surface area (Å²) in [6.45, 7) is 33.1. The van der Waals surface area contributed by atoms with Crippen LogP contribution in [0.3, 0.4) is 0 Å².